The number of anilines is 1. The monoisotopic (exact) mass is 561 g/mol. The van der Waals surface area contributed by atoms with E-state index in [4.69, 9.17) is 58.0 Å². The van der Waals surface area contributed by atoms with Crippen LogP contribution in [0.4, 0.5) is 5.69 Å². The second-order valence-electron chi connectivity index (χ2n) is 8.41. The van der Waals surface area contributed by atoms with Crippen molar-refractivity contribution in [3.63, 3.8) is 0 Å². The number of carbonyl (C=O) groups is 3. The van der Waals surface area contributed by atoms with Crippen molar-refractivity contribution in [1.29, 1.82) is 0 Å². The summed E-state index contributed by atoms with van der Waals surface area (Å²) in [6, 6.07) is 9.41. The summed E-state index contributed by atoms with van der Waals surface area (Å²) in [4.78, 5) is 38.1. The van der Waals surface area contributed by atoms with Crippen LogP contribution in [0.5, 0.6) is 0 Å². The van der Waals surface area contributed by atoms with E-state index in [1.165, 1.54) is 12.1 Å². The van der Waals surface area contributed by atoms with Gasteiger partial charge in [0, 0.05) is 28.2 Å². The largest absolute Gasteiger partial charge is 0.354 e. The molecular weight excluding hydrogens is 544 g/mol. The highest BCUT2D eigenvalue weighted by Gasteiger charge is 2.67. The molecule has 3 amide bonds. The minimum Gasteiger partial charge on any atom is -0.354 e. The highest BCUT2D eigenvalue weighted by atomic mass is 35.5. The van der Waals surface area contributed by atoms with E-state index in [9.17, 15) is 14.4 Å². The number of benzene rings is 2. The summed E-state index contributed by atoms with van der Waals surface area (Å²) < 4.78 is -1.34. The molecule has 0 unspecified atom stereocenters. The van der Waals surface area contributed by atoms with Gasteiger partial charge in [0.2, 0.25) is 11.8 Å². The number of amides is 3. The van der Waals surface area contributed by atoms with Crippen LogP contribution in [0.25, 0.3) is 0 Å². The van der Waals surface area contributed by atoms with Crippen molar-refractivity contribution >= 4 is 81.4 Å². The van der Waals surface area contributed by atoms with Gasteiger partial charge < -0.3 is 16.0 Å². The molecule has 2 aliphatic carbocycles. The standard InChI is InChI=1S/C23H20Cl5N3O3/c1-2-29-21(34)22(5-6-22)31-19(32)15-10-14(3-4-16(15)26)30-20(33)18-17(23(18,27)28)11-7-12(24)9-13(25)8-11/h3-4,7-10,17-18H,2,5-6H2,1H3,(H,29,34)(H,30,33)(H,31,32)/t17-,18+/m1/s1. The summed E-state index contributed by atoms with van der Waals surface area (Å²) >= 11 is 31.2. The van der Waals surface area contributed by atoms with Gasteiger partial charge in [-0.15, -0.1) is 23.2 Å². The van der Waals surface area contributed by atoms with Gasteiger partial charge in [-0.25, -0.2) is 0 Å². The first-order chi connectivity index (χ1) is 16.0. The predicted molar refractivity (Wildman–Crippen MR) is 135 cm³/mol. The lowest BCUT2D eigenvalue weighted by Crippen LogP contribution is -2.49. The van der Waals surface area contributed by atoms with Crippen LogP contribution in [-0.4, -0.2) is 34.1 Å². The number of hydrogen-bond acceptors (Lipinski definition) is 3. The van der Waals surface area contributed by atoms with Crippen LogP contribution in [0.2, 0.25) is 15.1 Å². The molecule has 6 nitrogen and oxygen atoms in total. The van der Waals surface area contributed by atoms with E-state index in [1.54, 1.807) is 31.2 Å². The minimum atomic E-state index is -1.34. The summed E-state index contributed by atoms with van der Waals surface area (Å²) in [7, 11) is 0. The maximum atomic E-state index is 13.0. The van der Waals surface area contributed by atoms with Gasteiger partial charge in [-0.3, -0.25) is 14.4 Å². The summed E-state index contributed by atoms with van der Waals surface area (Å²) in [5, 5.41) is 9.23. The van der Waals surface area contributed by atoms with Crippen LogP contribution in [0.1, 0.15) is 41.6 Å². The molecule has 0 saturated heterocycles. The third kappa shape index (κ3) is 4.98. The fourth-order valence-electron chi connectivity index (χ4n) is 3.97. The summed E-state index contributed by atoms with van der Waals surface area (Å²) in [5.41, 5.74) is 0.193. The first-order valence-corrected chi connectivity index (χ1v) is 12.4. The zero-order valence-electron chi connectivity index (χ0n) is 17.9. The van der Waals surface area contributed by atoms with E-state index in [0.29, 0.717) is 40.7 Å². The molecule has 34 heavy (non-hydrogen) atoms. The Morgan fingerprint density at radius 2 is 1.65 bits per heavy atom. The number of rotatable bonds is 7. The zero-order chi connectivity index (χ0) is 24.8. The zero-order valence-corrected chi connectivity index (χ0v) is 21.6. The van der Waals surface area contributed by atoms with Gasteiger partial charge in [-0.05, 0) is 61.7 Å². The van der Waals surface area contributed by atoms with E-state index < -0.39 is 33.5 Å². The van der Waals surface area contributed by atoms with Crippen molar-refractivity contribution in [1.82, 2.24) is 10.6 Å². The van der Waals surface area contributed by atoms with E-state index in [2.05, 4.69) is 16.0 Å². The van der Waals surface area contributed by atoms with Crippen LogP contribution in [0.3, 0.4) is 0 Å². The molecule has 3 N–H and O–H groups in total. The summed E-state index contributed by atoms with van der Waals surface area (Å²) in [6.45, 7) is 2.27. The molecule has 180 valence electrons. The number of nitrogens with one attached hydrogen (secondary N) is 3. The molecule has 2 fully saturated rings. The summed E-state index contributed by atoms with van der Waals surface area (Å²) in [6.07, 6.45) is 1.09. The highest BCUT2D eigenvalue weighted by molar-refractivity contribution is 6.53. The number of likely N-dealkylation sites (N-methyl/N-ethyl adjacent to an activating group) is 1. The van der Waals surface area contributed by atoms with Gasteiger partial charge in [0.25, 0.3) is 5.91 Å². The van der Waals surface area contributed by atoms with Gasteiger partial charge in [0.1, 0.15) is 9.87 Å². The molecule has 4 rings (SSSR count). The Kier molecular flexibility index (Phi) is 7.02. The summed E-state index contributed by atoms with van der Waals surface area (Å²) in [5.74, 6) is -2.43. The topological polar surface area (TPSA) is 87.3 Å². The van der Waals surface area contributed by atoms with Crippen molar-refractivity contribution in [3.8, 4) is 0 Å². The molecule has 0 aromatic heterocycles. The molecule has 11 heteroatoms. The fraction of sp³-hybridized carbons (Fsp3) is 0.348. The SMILES string of the molecule is CCNC(=O)C1(NC(=O)c2cc(NC(=O)[C@@H]3[C@@H](c4cc(Cl)cc(Cl)c4)C3(Cl)Cl)ccc2Cl)CC1. The average Bonchev–Trinajstić information content (AvgIpc) is 3.64. The first-order valence-electron chi connectivity index (χ1n) is 10.5. The maximum Gasteiger partial charge on any atom is 0.253 e. The Hall–Kier alpha value is -1.70. The highest BCUT2D eigenvalue weighted by Crippen LogP contribution is 2.65. The molecule has 0 heterocycles. The van der Waals surface area contributed by atoms with Gasteiger partial charge in [-0.2, -0.15) is 0 Å². The average molecular weight is 564 g/mol. The van der Waals surface area contributed by atoms with Crippen LogP contribution >= 0.6 is 58.0 Å². The van der Waals surface area contributed by atoms with E-state index >= 15 is 0 Å². The quantitative estimate of drug-likeness (QED) is 0.385. The van der Waals surface area contributed by atoms with Crippen LogP contribution in [0.15, 0.2) is 36.4 Å². The van der Waals surface area contributed by atoms with Crippen molar-refractivity contribution in [2.75, 3.05) is 11.9 Å². The van der Waals surface area contributed by atoms with Gasteiger partial charge >= 0.3 is 0 Å². The number of halogens is 5. The normalized spacial score (nSPS) is 21.4. The van der Waals surface area contributed by atoms with Crippen LogP contribution in [-0.2, 0) is 9.59 Å². The lowest BCUT2D eigenvalue weighted by Gasteiger charge is -2.17. The minimum absolute atomic E-state index is 0.132. The Balaban J connectivity index is 1.48. The Bertz CT molecular complexity index is 1160. The lowest BCUT2D eigenvalue weighted by atomic mass is 10.1. The third-order valence-electron chi connectivity index (χ3n) is 5.93. The van der Waals surface area contributed by atoms with Crippen molar-refractivity contribution in [2.24, 2.45) is 5.92 Å². The molecule has 0 aliphatic heterocycles. The molecular formula is C23H20Cl5N3O3. The van der Waals surface area contributed by atoms with E-state index in [0.717, 1.165) is 0 Å². The number of hydrogen-bond donors (Lipinski definition) is 3. The fourth-order valence-corrected chi connectivity index (χ4v) is 5.54. The second kappa shape index (κ2) is 9.40. The first kappa shape index (κ1) is 25.4. The van der Waals surface area contributed by atoms with Gasteiger partial charge in [0.05, 0.1) is 16.5 Å². The maximum absolute atomic E-state index is 13.0. The van der Waals surface area contributed by atoms with Crippen molar-refractivity contribution in [3.05, 3.63) is 62.6 Å². The van der Waals surface area contributed by atoms with E-state index in [-0.39, 0.29) is 16.5 Å². The number of alkyl halides is 2. The Morgan fingerprint density at radius 1 is 1.00 bits per heavy atom. The molecule has 0 spiro atoms. The van der Waals surface area contributed by atoms with Crippen molar-refractivity contribution in [2.45, 2.75) is 35.6 Å². The van der Waals surface area contributed by atoms with Gasteiger partial charge in [0.15, 0.2) is 0 Å². The molecule has 2 aromatic rings. The molecule has 0 radical (unpaired) electrons. The van der Waals surface area contributed by atoms with E-state index in [1.807, 2.05) is 0 Å². The van der Waals surface area contributed by atoms with Crippen molar-refractivity contribution < 1.29 is 14.4 Å². The molecule has 2 aromatic carbocycles. The predicted octanol–water partition coefficient (Wildman–Crippen LogP) is 5.57. The second-order valence-corrected chi connectivity index (χ2v) is 11.1. The molecule has 2 saturated carbocycles. The third-order valence-corrected chi connectivity index (χ3v) is 7.64. The molecule has 2 aliphatic rings. The lowest BCUT2D eigenvalue weighted by molar-refractivity contribution is -0.123. The van der Waals surface area contributed by atoms with Gasteiger partial charge in [-0.1, -0.05) is 34.8 Å². The van der Waals surface area contributed by atoms with Crippen LogP contribution < -0.4 is 16.0 Å². The molecule has 2 atom stereocenters. The van der Waals surface area contributed by atoms with Crippen LogP contribution in [0, 0.1) is 5.92 Å². The smallest absolute Gasteiger partial charge is 0.253 e. The number of carbonyl (C=O) groups excluding carboxylic acids is 3. The Labute approximate surface area is 221 Å². The Morgan fingerprint density at radius 3 is 2.24 bits per heavy atom. The molecule has 0 bridgehead atoms.